The molecular formula is C13H19Cl2N3O. The molecule has 1 fully saturated rings. The Balaban J connectivity index is 0.00000180. The quantitative estimate of drug-likeness (QED) is 0.852. The standard InChI is InChI=1S/C13H18ClN3O.ClH/c1-16(2)10-5-6-17(8-10)13(18)11-4-3-9(15)7-12(11)14;/h3-4,7,10H,5-6,8,15H2,1-2H3;1H. The lowest BCUT2D eigenvalue weighted by molar-refractivity contribution is 0.0783. The summed E-state index contributed by atoms with van der Waals surface area (Å²) in [6, 6.07) is 5.46. The summed E-state index contributed by atoms with van der Waals surface area (Å²) in [5.41, 5.74) is 6.73. The average Bonchev–Trinajstić information content (AvgIpc) is 2.77. The summed E-state index contributed by atoms with van der Waals surface area (Å²) in [6.45, 7) is 1.54. The van der Waals surface area contributed by atoms with Gasteiger partial charge in [-0.2, -0.15) is 0 Å². The van der Waals surface area contributed by atoms with E-state index in [1.54, 1.807) is 18.2 Å². The maximum absolute atomic E-state index is 12.3. The molecule has 1 unspecified atom stereocenters. The van der Waals surface area contributed by atoms with E-state index in [0.717, 1.165) is 19.5 Å². The van der Waals surface area contributed by atoms with Gasteiger partial charge in [-0.1, -0.05) is 11.6 Å². The molecule has 2 N–H and O–H groups in total. The smallest absolute Gasteiger partial charge is 0.255 e. The first-order chi connectivity index (χ1) is 8.49. The van der Waals surface area contributed by atoms with Crippen LogP contribution in [0.5, 0.6) is 0 Å². The number of likely N-dealkylation sites (tertiary alicyclic amines) is 1. The molecule has 1 saturated heterocycles. The van der Waals surface area contributed by atoms with E-state index >= 15 is 0 Å². The number of amides is 1. The molecule has 0 saturated carbocycles. The van der Waals surface area contributed by atoms with Gasteiger partial charge in [-0.25, -0.2) is 0 Å². The summed E-state index contributed by atoms with van der Waals surface area (Å²) in [5.74, 6) is -0.00986. The number of carbonyl (C=O) groups is 1. The average molecular weight is 304 g/mol. The van der Waals surface area contributed by atoms with E-state index in [1.165, 1.54) is 0 Å². The molecule has 1 aromatic rings. The summed E-state index contributed by atoms with van der Waals surface area (Å²) in [5, 5.41) is 0.424. The summed E-state index contributed by atoms with van der Waals surface area (Å²) in [4.78, 5) is 16.3. The largest absolute Gasteiger partial charge is 0.399 e. The Bertz CT molecular complexity index is 465. The molecule has 0 aromatic heterocycles. The van der Waals surface area contributed by atoms with Crippen LogP contribution in [0, 0.1) is 0 Å². The number of nitrogen functional groups attached to an aromatic ring is 1. The van der Waals surface area contributed by atoms with Gasteiger partial charge in [0, 0.05) is 24.8 Å². The van der Waals surface area contributed by atoms with Gasteiger partial charge in [0.05, 0.1) is 10.6 Å². The van der Waals surface area contributed by atoms with Crippen molar-refractivity contribution >= 4 is 35.6 Å². The molecule has 106 valence electrons. The highest BCUT2D eigenvalue weighted by Crippen LogP contribution is 2.23. The van der Waals surface area contributed by atoms with Crippen LogP contribution in [-0.4, -0.2) is 48.9 Å². The molecule has 0 aliphatic carbocycles. The molecule has 4 nitrogen and oxygen atoms in total. The first kappa shape index (κ1) is 16.1. The van der Waals surface area contributed by atoms with Crippen LogP contribution in [0.4, 0.5) is 5.69 Å². The summed E-state index contributed by atoms with van der Waals surface area (Å²) < 4.78 is 0. The van der Waals surface area contributed by atoms with Gasteiger partial charge in [0.15, 0.2) is 0 Å². The minimum Gasteiger partial charge on any atom is -0.399 e. The lowest BCUT2D eigenvalue weighted by atomic mass is 10.2. The van der Waals surface area contributed by atoms with Crippen LogP contribution < -0.4 is 5.73 Å². The normalized spacial score (nSPS) is 18.5. The van der Waals surface area contributed by atoms with Crippen molar-refractivity contribution in [2.45, 2.75) is 12.5 Å². The Hall–Kier alpha value is -0.970. The van der Waals surface area contributed by atoms with Crippen molar-refractivity contribution in [3.63, 3.8) is 0 Å². The van der Waals surface area contributed by atoms with E-state index in [-0.39, 0.29) is 18.3 Å². The van der Waals surface area contributed by atoms with Crippen LogP contribution in [0.25, 0.3) is 0 Å². The van der Waals surface area contributed by atoms with Crippen LogP contribution in [0.3, 0.4) is 0 Å². The van der Waals surface area contributed by atoms with Gasteiger partial charge in [-0.15, -0.1) is 12.4 Å². The van der Waals surface area contributed by atoms with Crippen LogP contribution in [0.15, 0.2) is 18.2 Å². The van der Waals surface area contributed by atoms with Gasteiger partial charge in [-0.05, 0) is 38.7 Å². The Morgan fingerprint density at radius 2 is 2.16 bits per heavy atom. The molecule has 2 rings (SSSR count). The highest BCUT2D eigenvalue weighted by atomic mass is 35.5. The summed E-state index contributed by atoms with van der Waals surface area (Å²) in [6.07, 6.45) is 1.01. The number of rotatable bonds is 2. The van der Waals surface area contributed by atoms with Crippen molar-refractivity contribution in [1.29, 1.82) is 0 Å². The molecule has 1 heterocycles. The molecule has 1 atom stereocenters. The lowest BCUT2D eigenvalue weighted by Crippen LogP contribution is -2.34. The van der Waals surface area contributed by atoms with Crippen molar-refractivity contribution in [3.05, 3.63) is 28.8 Å². The Labute approximate surface area is 124 Å². The minimum absolute atomic E-state index is 0. The van der Waals surface area contributed by atoms with Gasteiger partial charge in [0.2, 0.25) is 0 Å². The zero-order chi connectivity index (χ0) is 13.3. The summed E-state index contributed by atoms with van der Waals surface area (Å²) >= 11 is 6.06. The van der Waals surface area contributed by atoms with Crippen molar-refractivity contribution in [2.75, 3.05) is 32.9 Å². The monoisotopic (exact) mass is 303 g/mol. The van der Waals surface area contributed by atoms with Gasteiger partial charge in [0.1, 0.15) is 0 Å². The minimum atomic E-state index is -0.00986. The van der Waals surface area contributed by atoms with Gasteiger partial charge in [-0.3, -0.25) is 4.79 Å². The number of benzene rings is 1. The molecule has 6 heteroatoms. The Morgan fingerprint density at radius 1 is 1.47 bits per heavy atom. The second-order valence-electron chi connectivity index (χ2n) is 4.90. The van der Waals surface area contributed by atoms with Crippen LogP contribution in [0.2, 0.25) is 5.02 Å². The van der Waals surface area contributed by atoms with Gasteiger partial charge in [0.25, 0.3) is 5.91 Å². The molecule has 0 bridgehead atoms. The van der Waals surface area contributed by atoms with Gasteiger partial charge >= 0.3 is 0 Å². The van der Waals surface area contributed by atoms with Crippen LogP contribution >= 0.6 is 24.0 Å². The molecule has 0 radical (unpaired) electrons. The third kappa shape index (κ3) is 3.53. The SMILES string of the molecule is CN(C)C1CCN(C(=O)c2ccc(N)cc2Cl)C1.Cl. The lowest BCUT2D eigenvalue weighted by Gasteiger charge is -2.20. The Kier molecular flexibility index (Phi) is 5.47. The molecule has 19 heavy (non-hydrogen) atoms. The van der Waals surface area contributed by atoms with E-state index in [9.17, 15) is 4.79 Å². The van der Waals surface area contributed by atoms with Crippen molar-refractivity contribution < 1.29 is 4.79 Å². The molecule has 1 aliphatic rings. The second kappa shape index (κ2) is 6.46. The molecule has 1 amide bonds. The van der Waals surface area contributed by atoms with Gasteiger partial charge < -0.3 is 15.5 Å². The maximum Gasteiger partial charge on any atom is 0.255 e. The second-order valence-corrected chi connectivity index (χ2v) is 5.30. The van der Waals surface area contributed by atoms with Crippen molar-refractivity contribution in [1.82, 2.24) is 9.80 Å². The number of anilines is 1. The summed E-state index contributed by atoms with van der Waals surface area (Å²) in [7, 11) is 4.07. The number of nitrogens with two attached hydrogens (primary N) is 1. The third-order valence-corrected chi connectivity index (χ3v) is 3.72. The van der Waals surface area contributed by atoms with E-state index in [4.69, 9.17) is 17.3 Å². The Morgan fingerprint density at radius 3 is 2.68 bits per heavy atom. The van der Waals surface area contributed by atoms with E-state index in [1.807, 2.05) is 19.0 Å². The number of hydrogen-bond donors (Lipinski definition) is 1. The van der Waals surface area contributed by atoms with Crippen LogP contribution in [0.1, 0.15) is 16.8 Å². The highest BCUT2D eigenvalue weighted by molar-refractivity contribution is 6.34. The van der Waals surface area contributed by atoms with E-state index in [0.29, 0.717) is 22.3 Å². The topological polar surface area (TPSA) is 49.6 Å². The molecule has 1 aliphatic heterocycles. The third-order valence-electron chi connectivity index (χ3n) is 3.40. The number of likely N-dealkylation sites (N-methyl/N-ethyl adjacent to an activating group) is 1. The predicted octanol–water partition coefficient (Wildman–Crippen LogP) is 2.12. The fourth-order valence-corrected chi connectivity index (χ4v) is 2.49. The number of carbonyl (C=O) groups excluding carboxylic acids is 1. The zero-order valence-electron chi connectivity index (χ0n) is 11.1. The fourth-order valence-electron chi connectivity index (χ4n) is 2.22. The first-order valence-electron chi connectivity index (χ1n) is 6.00. The van der Waals surface area contributed by atoms with Crippen molar-refractivity contribution in [2.24, 2.45) is 0 Å². The fraction of sp³-hybridized carbons (Fsp3) is 0.462. The first-order valence-corrected chi connectivity index (χ1v) is 6.37. The molecule has 0 spiro atoms. The molecular weight excluding hydrogens is 285 g/mol. The molecule has 1 aromatic carbocycles. The van der Waals surface area contributed by atoms with Crippen LogP contribution in [-0.2, 0) is 0 Å². The van der Waals surface area contributed by atoms with E-state index in [2.05, 4.69) is 4.90 Å². The number of hydrogen-bond acceptors (Lipinski definition) is 3. The predicted molar refractivity (Wildman–Crippen MR) is 81.1 cm³/mol. The zero-order valence-corrected chi connectivity index (χ0v) is 12.7. The number of halogens is 2. The van der Waals surface area contributed by atoms with E-state index < -0.39 is 0 Å². The van der Waals surface area contributed by atoms with Crippen molar-refractivity contribution in [3.8, 4) is 0 Å². The highest BCUT2D eigenvalue weighted by Gasteiger charge is 2.28. The maximum atomic E-state index is 12.3. The number of nitrogens with zero attached hydrogens (tertiary/aromatic N) is 2.